The second-order valence-corrected chi connectivity index (χ2v) is 5.86. The van der Waals surface area contributed by atoms with Crippen LogP contribution in [0.25, 0.3) is 11.1 Å². The van der Waals surface area contributed by atoms with Crippen LogP contribution in [0.3, 0.4) is 0 Å². The van der Waals surface area contributed by atoms with E-state index in [1.165, 1.54) is 11.3 Å². The number of rotatable bonds is 5. The highest BCUT2D eigenvalue weighted by molar-refractivity contribution is 6.31. The van der Waals surface area contributed by atoms with Crippen molar-refractivity contribution in [3.05, 3.63) is 53.1 Å². The van der Waals surface area contributed by atoms with Crippen molar-refractivity contribution < 1.29 is 0 Å². The van der Waals surface area contributed by atoms with Gasteiger partial charge in [0.15, 0.2) is 0 Å². The third-order valence-corrected chi connectivity index (χ3v) is 4.02. The highest BCUT2D eigenvalue weighted by atomic mass is 35.5. The molecule has 0 spiro atoms. The maximum Gasteiger partial charge on any atom is 0.0459 e. The van der Waals surface area contributed by atoms with Crippen LogP contribution in [0, 0.1) is 0 Å². The zero-order chi connectivity index (χ0) is 15.4. The van der Waals surface area contributed by atoms with Gasteiger partial charge in [0.1, 0.15) is 0 Å². The van der Waals surface area contributed by atoms with Gasteiger partial charge in [-0.25, -0.2) is 0 Å². The van der Waals surface area contributed by atoms with E-state index in [0.29, 0.717) is 0 Å². The second-order valence-electron chi connectivity index (χ2n) is 5.46. The predicted octanol–water partition coefficient (Wildman–Crippen LogP) is 4.74. The lowest BCUT2D eigenvalue weighted by atomic mass is 10.0. The molecule has 0 fully saturated rings. The Morgan fingerprint density at radius 1 is 1.05 bits per heavy atom. The summed E-state index contributed by atoms with van der Waals surface area (Å²) in [6, 6.07) is 15.1. The van der Waals surface area contributed by atoms with Crippen LogP contribution >= 0.6 is 11.6 Å². The summed E-state index contributed by atoms with van der Waals surface area (Å²) in [4.78, 5) is 2.10. The molecular weight excluding hydrogens is 280 g/mol. The minimum absolute atomic E-state index is 0.271. The van der Waals surface area contributed by atoms with Crippen molar-refractivity contribution >= 4 is 17.3 Å². The first-order valence-electron chi connectivity index (χ1n) is 7.33. The first-order valence-corrected chi connectivity index (χ1v) is 7.71. The van der Waals surface area contributed by atoms with Crippen molar-refractivity contribution in [2.24, 2.45) is 0 Å². The van der Waals surface area contributed by atoms with Gasteiger partial charge in [0.05, 0.1) is 0 Å². The molecule has 0 aromatic heterocycles. The zero-order valence-corrected chi connectivity index (χ0v) is 13.9. The topological polar surface area (TPSA) is 15.3 Å². The molecule has 0 aliphatic rings. The van der Waals surface area contributed by atoms with E-state index in [4.69, 9.17) is 11.6 Å². The van der Waals surface area contributed by atoms with Crippen molar-refractivity contribution in [3.8, 4) is 11.1 Å². The standard InChI is InChI=1S/C18H23ClN2/c1-5-20-13(2)17-11-8-15(12-18(17)19)14-6-9-16(10-7-14)21(3)4/h6-13,20H,5H2,1-4H3. The Hall–Kier alpha value is -1.51. The van der Waals surface area contributed by atoms with Crippen LogP contribution in [0.15, 0.2) is 42.5 Å². The van der Waals surface area contributed by atoms with Crippen LogP contribution in [0.2, 0.25) is 5.02 Å². The average molecular weight is 303 g/mol. The fourth-order valence-electron chi connectivity index (χ4n) is 2.43. The summed E-state index contributed by atoms with van der Waals surface area (Å²) in [7, 11) is 4.09. The van der Waals surface area contributed by atoms with Gasteiger partial charge in [-0.3, -0.25) is 0 Å². The maximum absolute atomic E-state index is 6.44. The molecular formula is C18H23ClN2. The molecule has 0 heterocycles. The van der Waals surface area contributed by atoms with E-state index in [1.54, 1.807) is 0 Å². The van der Waals surface area contributed by atoms with E-state index in [1.807, 2.05) is 14.1 Å². The minimum Gasteiger partial charge on any atom is -0.378 e. The largest absolute Gasteiger partial charge is 0.378 e. The highest BCUT2D eigenvalue weighted by Crippen LogP contribution is 2.29. The Balaban J connectivity index is 2.27. The van der Waals surface area contributed by atoms with Crippen molar-refractivity contribution in [1.29, 1.82) is 0 Å². The van der Waals surface area contributed by atoms with Crippen LogP contribution in [0.5, 0.6) is 0 Å². The van der Waals surface area contributed by atoms with Gasteiger partial charge in [-0.1, -0.05) is 42.8 Å². The monoisotopic (exact) mass is 302 g/mol. The highest BCUT2D eigenvalue weighted by Gasteiger charge is 2.09. The molecule has 112 valence electrons. The Kier molecular flexibility index (Phi) is 5.27. The molecule has 0 amide bonds. The van der Waals surface area contributed by atoms with E-state index in [0.717, 1.165) is 22.7 Å². The van der Waals surface area contributed by atoms with Crippen molar-refractivity contribution in [3.63, 3.8) is 0 Å². The number of halogens is 1. The Morgan fingerprint density at radius 3 is 2.19 bits per heavy atom. The second kappa shape index (κ2) is 6.97. The van der Waals surface area contributed by atoms with E-state index >= 15 is 0 Å². The fourth-order valence-corrected chi connectivity index (χ4v) is 2.77. The van der Waals surface area contributed by atoms with Gasteiger partial charge in [-0.05, 0) is 48.4 Å². The molecule has 2 rings (SSSR count). The quantitative estimate of drug-likeness (QED) is 0.858. The molecule has 1 N–H and O–H groups in total. The normalized spacial score (nSPS) is 12.2. The smallest absolute Gasteiger partial charge is 0.0459 e. The van der Waals surface area contributed by atoms with E-state index in [9.17, 15) is 0 Å². The molecule has 3 heteroatoms. The molecule has 0 radical (unpaired) electrons. The molecule has 1 unspecified atom stereocenters. The van der Waals surface area contributed by atoms with Crippen LogP contribution in [0.4, 0.5) is 5.69 Å². The van der Waals surface area contributed by atoms with Crippen LogP contribution in [-0.2, 0) is 0 Å². The van der Waals surface area contributed by atoms with Crippen molar-refractivity contribution in [2.75, 3.05) is 25.5 Å². The predicted molar refractivity (Wildman–Crippen MR) is 93.3 cm³/mol. The van der Waals surface area contributed by atoms with Crippen LogP contribution < -0.4 is 10.2 Å². The Bertz CT molecular complexity index is 591. The summed E-state index contributed by atoms with van der Waals surface area (Å²) >= 11 is 6.44. The molecule has 0 aliphatic carbocycles. The number of hydrogen-bond acceptors (Lipinski definition) is 2. The van der Waals surface area contributed by atoms with Gasteiger partial charge in [0.25, 0.3) is 0 Å². The SMILES string of the molecule is CCNC(C)c1ccc(-c2ccc(N(C)C)cc2)cc1Cl. The molecule has 0 aliphatic heterocycles. The number of nitrogens with zero attached hydrogens (tertiary/aromatic N) is 1. The van der Waals surface area contributed by atoms with Crippen LogP contribution in [0.1, 0.15) is 25.5 Å². The molecule has 0 saturated heterocycles. The molecule has 2 aromatic rings. The molecule has 0 bridgehead atoms. The van der Waals surface area contributed by atoms with Gasteiger partial charge < -0.3 is 10.2 Å². The number of nitrogens with one attached hydrogen (secondary N) is 1. The first kappa shape index (κ1) is 15.9. The summed E-state index contributed by atoms with van der Waals surface area (Å²) in [6.07, 6.45) is 0. The summed E-state index contributed by atoms with van der Waals surface area (Å²) in [5.74, 6) is 0. The van der Waals surface area contributed by atoms with Crippen molar-refractivity contribution in [1.82, 2.24) is 5.32 Å². The third-order valence-electron chi connectivity index (χ3n) is 3.69. The number of benzene rings is 2. The van der Waals surface area contributed by atoms with E-state index in [-0.39, 0.29) is 6.04 Å². The van der Waals surface area contributed by atoms with E-state index in [2.05, 4.69) is 66.5 Å². The number of hydrogen-bond donors (Lipinski definition) is 1. The maximum atomic E-state index is 6.44. The molecule has 21 heavy (non-hydrogen) atoms. The lowest BCUT2D eigenvalue weighted by Gasteiger charge is -2.16. The van der Waals surface area contributed by atoms with Gasteiger partial charge in [0.2, 0.25) is 0 Å². The lowest BCUT2D eigenvalue weighted by Crippen LogP contribution is -2.17. The van der Waals surface area contributed by atoms with Crippen LogP contribution in [-0.4, -0.2) is 20.6 Å². The van der Waals surface area contributed by atoms with E-state index < -0.39 is 0 Å². The lowest BCUT2D eigenvalue weighted by molar-refractivity contribution is 0.598. The van der Waals surface area contributed by atoms with Crippen molar-refractivity contribution in [2.45, 2.75) is 19.9 Å². The van der Waals surface area contributed by atoms with Gasteiger partial charge in [0, 0.05) is 30.8 Å². The zero-order valence-electron chi connectivity index (χ0n) is 13.2. The average Bonchev–Trinajstić information content (AvgIpc) is 2.47. The summed E-state index contributed by atoms with van der Waals surface area (Å²) < 4.78 is 0. The minimum atomic E-state index is 0.271. The first-order chi connectivity index (χ1) is 10.0. The molecule has 1 atom stereocenters. The Morgan fingerprint density at radius 2 is 1.67 bits per heavy atom. The van der Waals surface area contributed by atoms with Gasteiger partial charge in [-0.2, -0.15) is 0 Å². The number of anilines is 1. The molecule has 2 nitrogen and oxygen atoms in total. The van der Waals surface area contributed by atoms with Gasteiger partial charge in [-0.15, -0.1) is 0 Å². The summed E-state index contributed by atoms with van der Waals surface area (Å²) in [5, 5.41) is 4.21. The fraction of sp³-hybridized carbons (Fsp3) is 0.333. The molecule has 0 saturated carbocycles. The molecule has 2 aromatic carbocycles. The summed E-state index contributed by atoms with van der Waals surface area (Å²) in [6.45, 7) is 5.17. The Labute approximate surface area is 132 Å². The van der Waals surface area contributed by atoms with Gasteiger partial charge >= 0.3 is 0 Å². The third kappa shape index (κ3) is 3.78. The summed E-state index contributed by atoms with van der Waals surface area (Å²) in [5.41, 5.74) is 4.68.